The summed E-state index contributed by atoms with van der Waals surface area (Å²) in [5.74, 6) is 2.13. The fraction of sp³-hybridized carbons (Fsp3) is 0.385. The molecule has 1 heteroatoms. The van der Waals surface area contributed by atoms with E-state index in [0.717, 1.165) is 0 Å². The Morgan fingerprint density at radius 3 is 2.93 bits per heavy atom. The fourth-order valence-corrected chi connectivity index (χ4v) is 1.07. The van der Waals surface area contributed by atoms with Crippen molar-refractivity contribution in [1.29, 1.82) is 0 Å². The first kappa shape index (κ1) is 4.51. The predicted octanol–water partition coefficient (Wildman–Crippen LogP) is 2.18. The van der Waals surface area contributed by atoms with Gasteiger partial charge in [0.1, 0.15) is 0 Å². The van der Waals surface area contributed by atoms with Crippen molar-refractivity contribution in [2.45, 2.75) is 19.3 Å². The molecule has 14 heavy (non-hydrogen) atoms. The van der Waals surface area contributed by atoms with E-state index in [1.165, 1.54) is 0 Å². The Morgan fingerprint density at radius 2 is 2.36 bits per heavy atom. The average Bonchev–Trinajstić information content (AvgIpc) is 2.34. The summed E-state index contributed by atoms with van der Waals surface area (Å²) in [6.45, 7) is -6.03. The van der Waals surface area contributed by atoms with Crippen LogP contribution in [0.5, 0.6) is 0 Å². The second-order valence-corrected chi connectivity index (χ2v) is 2.90. The van der Waals surface area contributed by atoms with Crippen LogP contribution in [-0.2, 0) is 6.42 Å². The van der Waals surface area contributed by atoms with Crippen molar-refractivity contribution in [2.24, 2.45) is 0 Å². The van der Waals surface area contributed by atoms with Gasteiger partial charge in [-0.05, 0) is 25.8 Å². The van der Waals surface area contributed by atoms with E-state index < -0.39 is 26.4 Å². The number of nitrogens with zero attached hydrogens (tertiary/aromatic N) is 1. The Balaban J connectivity index is 3.29. The molecule has 1 aromatic carbocycles. The van der Waals surface area contributed by atoms with Crippen LogP contribution in [0.1, 0.15) is 22.0 Å². The summed E-state index contributed by atoms with van der Waals surface area (Å²) in [4.78, 5) is 0.583. The van der Waals surface area contributed by atoms with E-state index in [0.29, 0.717) is 10.5 Å². The first-order chi connectivity index (χ1) is 9.52. The van der Waals surface area contributed by atoms with Gasteiger partial charge in [0.25, 0.3) is 0 Å². The smallest absolute Gasteiger partial charge is 0.0598 e. The molecule has 0 unspecified atom stereocenters. The first-order valence-electron chi connectivity index (χ1n) is 7.77. The molecule has 0 saturated carbocycles. The van der Waals surface area contributed by atoms with E-state index in [4.69, 9.17) is 16.0 Å². The van der Waals surface area contributed by atoms with Gasteiger partial charge in [-0.2, -0.15) is 0 Å². The molecular weight excluding hydrogens is 170 g/mol. The second-order valence-electron chi connectivity index (χ2n) is 2.90. The Hall–Kier alpha value is -1.26. The lowest BCUT2D eigenvalue weighted by molar-refractivity contribution is 0.287. The van der Waals surface area contributed by atoms with Crippen LogP contribution in [-0.4, -0.2) is 24.4 Å². The molecular formula is C13H17N. The van der Waals surface area contributed by atoms with Crippen LogP contribution in [0.25, 0.3) is 0 Å². The summed E-state index contributed by atoms with van der Waals surface area (Å²) in [6.07, 6.45) is 4.89. The van der Waals surface area contributed by atoms with Crippen LogP contribution < -0.4 is 0 Å². The Morgan fingerprint density at radius 1 is 1.57 bits per heavy atom. The molecule has 0 aliphatic heterocycles. The van der Waals surface area contributed by atoms with E-state index in [9.17, 15) is 0 Å². The van der Waals surface area contributed by atoms with Crippen molar-refractivity contribution in [1.82, 2.24) is 4.90 Å². The highest BCUT2D eigenvalue weighted by Gasteiger charge is 2.07. The largest absolute Gasteiger partial charge is 0.292 e. The minimum absolute atomic E-state index is 0.260. The van der Waals surface area contributed by atoms with Crippen LogP contribution in [0.2, 0.25) is 0 Å². The summed E-state index contributed by atoms with van der Waals surface area (Å²) >= 11 is 0. The zero-order valence-electron chi connectivity index (χ0n) is 14.8. The SMILES string of the molecule is [2H]C([2H])([2H])N(CC#C)[C@@]([2H])(Cc1ccccc1)C([2H])([2H])[2H]. The molecule has 0 aromatic heterocycles. The third-order valence-corrected chi connectivity index (χ3v) is 1.79. The summed E-state index contributed by atoms with van der Waals surface area (Å²) in [5.41, 5.74) is 0.565. The van der Waals surface area contributed by atoms with E-state index in [2.05, 4.69) is 5.92 Å². The minimum atomic E-state index is -2.83. The number of hydrogen-bond acceptors (Lipinski definition) is 1. The monoisotopic (exact) mass is 194 g/mol. The van der Waals surface area contributed by atoms with E-state index >= 15 is 0 Å². The van der Waals surface area contributed by atoms with Crippen LogP contribution in [0, 0.1) is 12.3 Å². The van der Waals surface area contributed by atoms with Crippen molar-refractivity contribution in [2.75, 3.05) is 13.5 Å². The summed E-state index contributed by atoms with van der Waals surface area (Å²) in [7, 11) is 0. The van der Waals surface area contributed by atoms with Crippen LogP contribution in [0.15, 0.2) is 30.3 Å². The molecule has 1 aromatic rings. The molecule has 0 N–H and O–H groups in total. The van der Waals surface area contributed by atoms with Crippen molar-refractivity contribution in [3.8, 4) is 12.3 Å². The molecule has 74 valence electrons. The van der Waals surface area contributed by atoms with Gasteiger partial charge < -0.3 is 0 Å². The van der Waals surface area contributed by atoms with Gasteiger partial charge in [0.2, 0.25) is 0 Å². The van der Waals surface area contributed by atoms with Crippen LogP contribution >= 0.6 is 0 Å². The number of benzene rings is 1. The molecule has 1 nitrogen and oxygen atoms in total. The first-order valence-corrected chi connectivity index (χ1v) is 4.27. The third kappa shape index (κ3) is 3.24. The maximum Gasteiger partial charge on any atom is 0.0598 e. The van der Waals surface area contributed by atoms with Gasteiger partial charge >= 0.3 is 0 Å². The van der Waals surface area contributed by atoms with E-state index in [1.54, 1.807) is 30.3 Å². The topological polar surface area (TPSA) is 3.24 Å². The lowest BCUT2D eigenvalue weighted by Crippen LogP contribution is -2.31. The number of terminal acetylenes is 1. The maximum atomic E-state index is 8.33. The highest BCUT2D eigenvalue weighted by Crippen LogP contribution is 2.06. The Labute approximate surface area is 96.6 Å². The highest BCUT2D eigenvalue weighted by atomic mass is 15.1. The number of likely N-dealkylation sites (N-methyl/N-ethyl adjacent to an activating group) is 1. The molecule has 0 bridgehead atoms. The van der Waals surface area contributed by atoms with Gasteiger partial charge in [0.15, 0.2) is 0 Å². The molecule has 0 saturated heterocycles. The summed E-state index contributed by atoms with van der Waals surface area (Å²) < 4.78 is 53.6. The van der Waals surface area contributed by atoms with E-state index in [1.807, 2.05) is 0 Å². The van der Waals surface area contributed by atoms with Crippen LogP contribution in [0.3, 0.4) is 0 Å². The number of rotatable bonds is 4. The van der Waals surface area contributed by atoms with Gasteiger partial charge in [-0.3, -0.25) is 4.90 Å². The number of hydrogen-bond donors (Lipinski definition) is 0. The second kappa shape index (κ2) is 5.47. The molecule has 0 fully saturated rings. The molecule has 1 rings (SSSR count). The fourth-order valence-electron chi connectivity index (χ4n) is 1.07. The lowest BCUT2D eigenvalue weighted by Gasteiger charge is -2.22. The Bertz CT molecular complexity index is 500. The zero-order valence-corrected chi connectivity index (χ0v) is 7.83. The van der Waals surface area contributed by atoms with E-state index in [-0.39, 0.29) is 6.42 Å². The minimum Gasteiger partial charge on any atom is -0.292 e. The quantitative estimate of drug-likeness (QED) is 0.664. The maximum absolute atomic E-state index is 8.33. The molecule has 0 aliphatic rings. The summed E-state index contributed by atoms with van der Waals surface area (Å²) in [5, 5.41) is 0. The van der Waals surface area contributed by atoms with Crippen molar-refractivity contribution in [3.63, 3.8) is 0 Å². The normalized spacial score (nSPS) is 23.9. The predicted molar refractivity (Wildman–Crippen MR) is 61.1 cm³/mol. The van der Waals surface area contributed by atoms with Crippen molar-refractivity contribution < 1.29 is 9.60 Å². The van der Waals surface area contributed by atoms with Crippen LogP contribution in [0.4, 0.5) is 0 Å². The highest BCUT2D eigenvalue weighted by molar-refractivity contribution is 5.15. The van der Waals surface area contributed by atoms with Gasteiger partial charge in [0.05, 0.1) is 6.54 Å². The third-order valence-electron chi connectivity index (χ3n) is 1.79. The van der Waals surface area contributed by atoms with Gasteiger partial charge in [-0.25, -0.2) is 0 Å². The summed E-state index contributed by atoms with van der Waals surface area (Å²) in [6, 6.07) is 6.15. The molecule has 0 amide bonds. The molecule has 1 atom stereocenters. The molecule has 0 radical (unpaired) electrons. The van der Waals surface area contributed by atoms with Gasteiger partial charge in [-0.15, -0.1) is 6.42 Å². The molecule has 0 aliphatic carbocycles. The Kier molecular flexibility index (Phi) is 1.76. The molecule has 0 heterocycles. The van der Waals surface area contributed by atoms with Crippen molar-refractivity contribution in [3.05, 3.63) is 35.9 Å². The standard InChI is InChI=1S/C13H17N/c1-4-10-14(3)12(2)11-13-8-6-5-7-9-13/h1,5-9,12H,10-11H2,2-3H3/t12-/m1/s1/i2D3,3D3,12D. The molecule has 0 spiro atoms. The lowest BCUT2D eigenvalue weighted by atomic mass is 10.1. The van der Waals surface area contributed by atoms with Crippen molar-refractivity contribution >= 4 is 0 Å². The zero-order chi connectivity index (χ0) is 16.3. The van der Waals surface area contributed by atoms with Gasteiger partial charge in [0, 0.05) is 15.6 Å². The van der Waals surface area contributed by atoms with Gasteiger partial charge in [-0.1, -0.05) is 36.3 Å². The average molecular weight is 194 g/mol.